The highest BCUT2D eigenvalue weighted by Crippen LogP contribution is 2.66. The van der Waals surface area contributed by atoms with Crippen molar-refractivity contribution in [2.75, 3.05) is 0 Å². The normalized spacial score (nSPS) is 17.4. The van der Waals surface area contributed by atoms with Crippen LogP contribution in [0.1, 0.15) is 104 Å². The van der Waals surface area contributed by atoms with E-state index < -0.39 is 0 Å². The van der Waals surface area contributed by atoms with Gasteiger partial charge in [0.15, 0.2) is 0 Å². The Balaban J connectivity index is 1.26. The quantitative estimate of drug-likeness (QED) is 0.174. The van der Waals surface area contributed by atoms with E-state index in [2.05, 4.69) is 206 Å². The van der Waals surface area contributed by atoms with Gasteiger partial charge < -0.3 is 5.11 Å². The van der Waals surface area contributed by atoms with Gasteiger partial charge >= 0.3 is 0 Å². The van der Waals surface area contributed by atoms with Crippen LogP contribution in [0.3, 0.4) is 0 Å². The summed E-state index contributed by atoms with van der Waals surface area (Å²) in [4.78, 5) is 10.7. The Hall–Kier alpha value is -6.26. The van der Waals surface area contributed by atoms with E-state index in [4.69, 9.17) is 9.97 Å². The van der Waals surface area contributed by atoms with Crippen molar-refractivity contribution in [3.05, 3.63) is 168 Å². The second kappa shape index (κ2) is 14.7. The zero-order chi connectivity index (χ0) is 44.1. The van der Waals surface area contributed by atoms with Crippen molar-refractivity contribution < 1.29 is 5.11 Å². The third-order valence-corrected chi connectivity index (χ3v) is 14.0. The molecule has 0 saturated heterocycles. The zero-order valence-corrected chi connectivity index (χ0v) is 38.3. The fourth-order valence-electron chi connectivity index (χ4n) is 10.1. The summed E-state index contributed by atoms with van der Waals surface area (Å²) in [6.07, 6.45) is 5.60. The fraction of sp³-hybridized carbons (Fsp3) is 0.288. The van der Waals surface area contributed by atoms with Gasteiger partial charge in [0.1, 0.15) is 11.6 Å². The van der Waals surface area contributed by atoms with Crippen LogP contribution >= 0.6 is 0 Å². The molecule has 8 aromatic rings. The molecule has 0 unspecified atom stereocenters. The standard InChI is InChI=1S/C59H59N3O/c1-56(2,3)43-23-24-51(47(31-43)39-19-14-11-15-20-39)62-52-22-16-21-46(53(52)61-55(62)48-32-45(59-34-37(35-59)36-59)33-49(54(48)63)58(7,8)9)41-27-42(29-44(28-41)57(4,5)6)50-30-40(25-26-60-50)38-17-12-10-13-18-38/h10-33,37,63H,34-36H2,1-9H3. The van der Waals surface area contributed by atoms with Gasteiger partial charge in [-0.15, -0.1) is 0 Å². The maximum atomic E-state index is 12.6. The summed E-state index contributed by atoms with van der Waals surface area (Å²) in [5, 5.41) is 12.6. The van der Waals surface area contributed by atoms with Crippen LogP contribution < -0.4 is 0 Å². The Morgan fingerprint density at radius 2 is 1.21 bits per heavy atom. The summed E-state index contributed by atoms with van der Waals surface area (Å²) in [6, 6.07) is 50.5. The molecular formula is C59H59N3O. The van der Waals surface area contributed by atoms with E-state index in [1.165, 1.54) is 36.0 Å². The minimum absolute atomic E-state index is 0.0583. The number of aromatic hydroxyl groups is 1. The predicted molar refractivity (Wildman–Crippen MR) is 263 cm³/mol. The predicted octanol–water partition coefficient (Wildman–Crippen LogP) is 15.4. The molecule has 316 valence electrons. The first-order valence-electron chi connectivity index (χ1n) is 22.7. The molecule has 0 amide bonds. The second-order valence-electron chi connectivity index (χ2n) is 21.6. The number of para-hydroxylation sites is 1. The van der Waals surface area contributed by atoms with Crippen LogP contribution in [0, 0.1) is 5.92 Å². The number of fused-ring (bicyclic) bond motifs is 1. The van der Waals surface area contributed by atoms with Crippen molar-refractivity contribution >= 4 is 11.0 Å². The number of imidazole rings is 1. The van der Waals surface area contributed by atoms with Crippen molar-refractivity contribution in [3.63, 3.8) is 0 Å². The van der Waals surface area contributed by atoms with E-state index in [9.17, 15) is 5.11 Å². The smallest absolute Gasteiger partial charge is 0.149 e. The molecule has 0 atom stereocenters. The van der Waals surface area contributed by atoms with Gasteiger partial charge in [-0.3, -0.25) is 9.55 Å². The topological polar surface area (TPSA) is 50.9 Å². The fourth-order valence-corrected chi connectivity index (χ4v) is 10.1. The number of aromatic nitrogens is 3. The average molecular weight is 826 g/mol. The maximum absolute atomic E-state index is 12.6. The van der Waals surface area contributed by atoms with E-state index in [1.54, 1.807) is 0 Å². The summed E-state index contributed by atoms with van der Waals surface area (Å²) in [6.45, 7) is 20.3. The molecule has 3 fully saturated rings. The first kappa shape index (κ1) is 40.8. The van der Waals surface area contributed by atoms with Gasteiger partial charge in [0.2, 0.25) is 0 Å². The van der Waals surface area contributed by atoms with Crippen LogP contribution in [0.2, 0.25) is 0 Å². The van der Waals surface area contributed by atoms with E-state index in [1.807, 2.05) is 6.20 Å². The van der Waals surface area contributed by atoms with Crippen LogP contribution in [0.15, 0.2) is 146 Å². The number of nitrogens with zero attached hydrogens (tertiary/aromatic N) is 3. The molecule has 0 radical (unpaired) electrons. The lowest BCUT2D eigenvalue weighted by molar-refractivity contribution is -0.0274. The molecular weight excluding hydrogens is 767 g/mol. The SMILES string of the molecule is CC(C)(C)c1cc(-c2cc(-c3ccccc3)ccn2)cc(-c2cccc3c2nc(-c2cc(C45CC(C4)C5)cc(C(C)(C)C)c2O)n3-c2ccc(C(C)(C)C)cc2-c2ccccc2)c1. The van der Waals surface area contributed by atoms with Crippen molar-refractivity contribution in [3.8, 4) is 67.5 Å². The average Bonchev–Trinajstić information content (AvgIpc) is 3.62. The molecule has 2 heterocycles. The van der Waals surface area contributed by atoms with E-state index in [0.29, 0.717) is 5.75 Å². The molecule has 0 aliphatic heterocycles. The molecule has 0 spiro atoms. The lowest BCUT2D eigenvalue weighted by Crippen LogP contribution is -2.55. The van der Waals surface area contributed by atoms with Crippen LogP contribution in [0.5, 0.6) is 5.75 Å². The van der Waals surface area contributed by atoms with Crippen molar-refractivity contribution in [1.82, 2.24) is 14.5 Å². The molecule has 3 aliphatic carbocycles. The lowest BCUT2D eigenvalue weighted by atomic mass is 9.42. The van der Waals surface area contributed by atoms with E-state index in [0.717, 1.165) is 84.2 Å². The number of benzene rings is 6. The molecule has 3 aliphatic rings. The van der Waals surface area contributed by atoms with Gasteiger partial charge in [0.05, 0.1) is 28.0 Å². The number of phenolic OH excluding ortho intramolecular Hbond substituents is 1. The minimum atomic E-state index is -0.278. The Bertz CT molecular complexity index is 3030. The Morgan fingerprint density at radius 3 is 1.84 bits per heavy atom. The zero-order valence-electron chi connectivity index (χ0n) is 38.3. The van der Waals surface area contributed by atoms with Crippen LogP contribution in [0.4, 0.5) is 0 Å². The van der Waals surface area contributed by atoms with E-state index in [-0.39, 0.29) is 21.7 Å². The minimum Gasteiger partial charge on any atom is -0.507 e. The highest BCUT2D eigenvalue weighted by Gasteiger charge is 2.57. The van der Waals surface area contributed by atoms with Crippen LogP contribution in [-0.2, 0) is 21.7 Å². The van der Waals surface area contributed by atoms with Gasteiger partial charge in [-0.05, 0) is 134 Å². The molecule has 4 nitrogen and oxygen atoms in total. The van der Waals surface area contributed by atoms with Gasteiger partial charge in [0, 0.05) is 28.5 Å². The van der Waals surface area contributed by atoms with Gasteiger partial charge in [-0.2, -0.15) is 0 Å². The molecule has 4 heteroatoms. The van der Waals surface area contributed by atoms with Crippen LogP contribution in [-0.4, -0.2) is 19.6 Å². The lowest BCUT2D eigenvalue weighted by Gasteiger charge is -2.62. The first-order valence-corrected chi connectivity index (χ1v) is 22.7. The van der Waals surface area contributed by atoms with Crippen molar-refractivity contribution in [2.24, 2.45) is 5.92 Å². The summed E-state index contributed by atoms with van der Waals surface area (Å²) in [5.74, 6) is 1.89. The first-order chi connectivity index (χ1) is 30.0. The summed E-state index contributed by atoms with van der Waals surface area (Å²) >= 11 is 0. The number of hydrogen-bond acceptors (Lipinski definition) is 3. The summed E-state index contributed by atoms with van der Waals surface area (Å²) in [7, 11) is 0. The summed E-state index contributed by atoms with van der Waals surface area (Å²) < 4.78 is 2.33. The molecule has 2 aromatic heterocycles. The molecule has 63 heavy (non-hydrogen) atoms. The summed E-state index contributed by atoms with van der Waals surface area (Å²) in [5.41, 5.74) is 16.9. The van der Waals surface area contributed by atoms with Crippen LogP contribution in [0.25, 0.3) is 72.7 Å². The Kier molecular flexibility index (Phi) is 9.49. The number of phenols is 1. The number of hydrogen-bond donors (Lipinski definition) is 1. The second-order valence-corrected chi connectivity index (χ2v) is 21.6. The van der Waals surface area contributed by atoms with Gasteiger partial charge in [-0.25, -0.2) is 4.98 Å². The van der Waals surface area contributed by atoms with Crippen molar-refractivity contribution in [2.45, 2.75) is 103 Å². The third kappa shape index (κ3) is 7.18. The Morgan fingerprint density at radius 1 is 0.540 bits per heavy atom. The van der Waals surface area contributed by atoms with Crippen molar-refractivity contribution in [1.29, 1.82) is 0 Å². The Labute approximate surface area is 373 Å². The molecule has 2 bridgehead atoms. The number of pyridine rings is 1. The largest absolute Gasteiger partial charge is 0.507 e. The monoisotopic (exact) mass is 825 g/mol. The third-order valence-electron chi connectivity index (χ3n) is 14.0. The molecule has 6 aromatic carbocycles. The van der Waals surface area contributed by atoms with E-state index >= 15 is 0 Å². The number of rotatable bonds is 7. The molecule has 3 saturated carbocycles. The maximum Gasteiger partial charge on any atom is 0.149 e. The highest BCUT2D eigenvalue weighted by atomic mass is 16.3. The van der Waals surface area contributed by atoms with Gasteiger partial charge in [-0.1, -0.05) is 153 Å². The molecule has 11 rings (SSSR count). The highest BCUT2D eigenvalue weighted by molar-refractivity contribution is 5.98. The van der Waals surface area contributed by atoms with Gasteiger partial charge in [0.25, 0.3) is 0 Å². The molecule has 1 N–H and O–H groups in total.